The van der Waals surface area contributed by atoms with Gasteiger partial charge in [0.2, 0.25) is 0 Å². The molecule has 3 aromatic heterocycles. The summed E-state index contributed by atoms with van der Waals surface area (Å²) in [5, 5.41) is 6.02. The molecule has 7 heteroatoms. The number of thiazole rings is 1. The van der Waals surface area contributed by atoms with Gasteiger partial charge in [-0.15, -0.1) is 22.7 Å². The lowest BCUT2D eigenvalue weighted by Gasteiger charge is -2.25. The Balaban J connectivity index is 1.34. The van der Waals surface area contributed by atoms with Crippen LogP contribution < -0.4 is 5.32 Å². The van der Waals surface area contributed by atoms with Gasteiger partial charge < -0.3 is 5.32 Å². The van der Waals surface area contributed by atoms with E-state index in [2.05, 4.69) is 29.3 Å². The quantitative estimate of drug-likeness (QED) is 0.239. The van der Waals surface area contributed by atoms with Crippen LogP contribution >= 0.6 is 22.7 Å². The zero-order valence-electron chi connectivity index (χ0n) is 21.5. The second-order valence-corrected chi connectivity index (χ2v) is 11.8. The first-order valence-electron chi connectivity index (χ1n) is 13.2. The number of aromatic nitrogens is 2. The molecule has 0 radical (unpaired) electrons. The predicted octanol–water partition coefficient (Wildman–Crippen LogP) is 7.87. The average Bonchev–Trinajstić information content (AvgIpc) is 3.57. The highest BCUT2D eigenvalue weighted by molar-refractivity contribution is 7.23. The van der Waals surface area contributed by atoms with Crippen LogP contribution in [0, 0.1) is 0 Å². The highest BCUT2D eigenvalue weighted by Crippen LogP contribution is 2.46. The van der Waals surface area contributed by atoms with E-state index in [1.807, 2.05) is 72.8 Å². The monoisotopic (exact) mass is 546 g/mol. The number of fused-ring (bicyclic) bond motifs is 3. The number of rotatable bonds is 5. The Morgan fingerprint density at radius 2 is 1.69 bits per heavy atom. The van der Waals surface area contributed by atoms with Gasteiger partial charge in [0, 0.05) is 34.5 Å². The topological polar surface area (TPSA) is 58.1 Å². The van der Waals surface area contributed by atoms with E-state index >= 15 is 0 Å². The second-order valence-electron chi connectivity index (χ2n) is 9.71. The molecule has 0 aliphatic carbocycles. The molecule has 6 aromatic rings. The van der Waals surface area contributed by atoms with Crippen LogP contribution in [0.5, 0.6) is 0 Å². The van der Waals surface area contributed by atoms with Crippen molar-refractivity contribution in [3.63, 3.8) is 0 Å². The van der Waals surface area contributed by atoms with Gasteiger partial charge in [0.05, 0.1) is 27.0 Å². The van der Waals surface area contributed by atoms with Crippen molar-refractivity contribution in [1.29, 1.82) is 0 Å². The number of pyridine rings is 1. The minimum Gasteiger partial charge on any atom is -0.313 e. The number of nitrogens with zero attached hydrogens (tertiary/aromatic N) is 3. The Kier molecular flexibility index (Phi) is 6.19. The summed E-state index contributed by atoms with van der Waals surface area (Å²) in [6.07, 6.45) is 0.956. The van der Waals surface area contributed by atoms with Crippen LogP contribution in [0.2, 0.25) is 0 Å². The zero-order valence-corrected chi connectivity index (χ0v) is 23.1. The largest absolute Gasteiger partial charge is 0.313 e. The fraction of sp³-hybridized carbons (Fsp3) is 0.156. The third kappa shape index (κ3) is 4.42. The molecule has 5 nitrogen and oxygen atoms in total. The standard InChI is InChI=1S/C32H26N4OS2/c1-2-36-17-16-22-28(19-36)39-32(29(22)31-34-25-14-8-9-15-27(25)38-31)35-30(37)23-18-26(20-10-4-3-5-11-20)33-24-13-7-6-12-21(23)24/h3-15,18H,2,16-17,19H2,1H3,(H,35,37). The number of benzene rings is 3. The van der Waals surface area contributed by atoms with E-state index in [1.165, 1.54) is 10.4 Å². The van der Waals surface area contributed by atoms with Crippen molar-refractivity contribution >= 4 is 54.7 Å². The third-order valence-electron chi connectivity index (χ3n) is 7.35. The SMILES string of the molecule is CCN1CCc2c(sc(NC(=O)c3cc(-c4ccccc4)nc4ccccc34)c2-c2nc3ccccc3s2)C1. The van der Waals surface area contributed by atoms with Crippen molar-refractivity contribution in [1.82, 2.24) is 14.9 Å². The van der Waals surface area contributed by atoms with E-state index in [-0.39, 0.29) is 5.91 Å². The number of anilines is 1. The minimum absolute atomic E-state index is 0.126. The van der Waals surface area contributed by atoms with E-state index in [9.17, 15) is 4.79 Å². The van der Waals surface area contributed by atoms with Crippen LogP contribution in [0.3, 0.4) is 0 Å². The molecule has 1 amide bonds. The predicted molar refractivity (Wildman–Crippen MR) is 163 cm³/mol. The molecule has 192 valence electrons. The van der Waals surface area contributed by atoms with Gasteiger partial charge in [-0.1, -0.05) is 67.6 Å². The van der Waals surface area contributed by atoms with Crippen molar-refractivity contribution in [3.8, 4) is 21.8 Å². The molecule has 1 aliphatic heterocycles. The van der Waals surface area contributed by atoms with E-state index in [0.717, 1.165) is 74.0 Å². The van der Waals surface area contributed by atoms with Gasteiger partial charge in [-0.05, 0) is 42.8 Å². The lowest BCUT2D eigenvalue weighted by atomic mass is 10.0. The van der Waals surface area contributed by atoms with E-state index < -0.39 is 0 Å². The van der Waals surface area contributed by atoms with Gasteiger partial charge in [-0.2, -0.15) is 0 Å². The van der Waals surface area contributed by atoms with Crippen LogP contribution in [0.1, 0.15) is 27.7 Å². The molecule has 0 atom stereocenters. The number of carbonyl (C=O) groups is 1. The molecule has 0 spiro atoms. The number of hydrogen-bond acceptors (Lipinski definition) is 6. The Bertz CT molecular complexity index is 1810. The van der Waals surface area contributed by atoms with Gasteiger partial charge >= 0.3 is 0 Å². The average molecular weight is 547 g/mol. The number of carbonyl (C=O) groups excluding carboxylic acids is 1. The number of likely N-dealkylation sites (N-methyl/N-ethyl adjacent to an activating group) is 1. The summed E-state index contributed by atoms with van der Waals surface area (Å²) in [6.45, 7) is 5.14. The van der Waals surface area contributed by atoms with Gasteiger partial charge in [0.1, 0.15) is 10.0 Å². The Morgan fingerprint density at radius 1 is 0.923 bits per heavy atom. The number of thiophene rings is 1. The molecule has 0 saturated heterocycles. The number of nitrogens with one attached hydrogen (secondary N) is 1. The Labute approximate surface area is 234 Å². The first-order chi connectivity index (χ1) is 19.2. The summed E-state index contributed by atoms with van der Waals surface area (Å²) in [5.74, 6) is -0.126. The lowest BCUT2D eigenvalue weighted by molar-refractivity contribution is 0.102. The van der Waals surface area contributed by atoms with E-state index in [4.69, 9.17) is 9.97 Å². The maximum absolute atomic E-state index is 14.0. The maximum atomic E-state index is 14.0. The van der Waals surface area contributed by atoms with Crippen molar-refractivity contribution in [2.75, 3.05) is 18.4 Å². The molecule has 0 bridgehead atoms. The van der Waals surface area contributed by atoms with Crippen molar-refractivity contribution in [2.24, 2.45) is 0 Å². The summed E-state index contributed by atoms with van der Waals surface area (Å²) < 4.78 is 1.16. The number of para-hydroxylation sites is 2. The smallest absolute Gasteiger partial charge is 0.257 e. The molecule has 7 rings (SSSR count). The Morgan fingerprint density at radius 3 is 2.51 bits per heavy atom. The number of amides is 1. The summed E-state index contributed by atoms with van der Waals surface area (Å²) in [6, 6.07) is 28.0. The molecule has 0 saturated carbocycles. The molecule has 1 N–H and O–H groups in total. The molecular weight excluding hydrogens is 521 g/mol. The zero-order chi connectivity index (χ0) is 26.3. The van der Waals surface area contributed by atoms with Gasteiger partial charge in [0.25, 0.3) is 5.91 Å². The first-order valence-corrected chi connectivity index (χ1v) is 14.8. The molecular formula is C32H26N4OS2. The van der Waals surface area contributed by atoms with Crippen LogP contribution in [-0.2, 0) is 13.0 Å². The van der Waals surface area contributed by atoms with Crippen LogP contribution in [-0.4, -0.2) is 33.9 Å². The highest BCUT2D eigenvalue weighted by Gasteiger charge is 2.28. The summed E-state index contributed by atoms with van der Waals surface area (Å²) in [5.41, 5.74) is 6.60. The normalized spacial score (nSPS) is 13.6. The van der Waals surface area contributed by atoms with E-state index in [0.29, 0.717) is 5.56 Å². The van der Waals surface area contributed by atoms with Gasteiger partial charge in [-0.3, -0.25) is 9.69 Å². The van der Waals surface area contributed by atoms with E-state index in [1.54, 1.807) is 22.7 Å². The molecule has 0 fully saturated rings. The minimum atomic E-state index is -0.126. The molecule has 4 heterocycles. The van der Waals surface area contributed by atoms with Crippen LogP contribution in [0.4, 0.5) is 5.00 Å². The second kappa shape index (κ2) is 10.0. The summed E-state index contributed by atoms with van der Waals surface area (Å²) >= 11 is 3.39. The van der Waals surface area contributed by atoms with Crippen LogP contribution in [0.15, 0.2) is 84.9 Å². The number of hydrogen-bond donors (Lipinski definition) is 1. The summed E-state index contributed by atoms with van der Waals surface area (Å²) in [4.78, 5) is 27.7. The fourth-order valence-electron chi connectivity index (χ4n) is 5.31. The molecule has 3 aromatic carbocycles. The van der Waals surface area contributed by atoms with Gasteiger partial charge in [-0.25, -0.2) is 9.97 Å². The van der Waals surface area contributed by atoms with Crippen LogP contribution in [0.25, 0.3) is 42.9 Å². The maximum Gasteiger partial charge on any atom is 0.257 e. The van der Waals surface area contributed by atoms with Crippen molar-refractivity contribution in [3.05, 3.63) is 101 Å². The summed E-state index contributed by atoms with van der Waals surface area (Å²) in [7, 11) is 0. The molecule has 1 aliphatic rings. The molecule has 0 unspecified atom stereocenters. The van der Waals surface area contributed by atoms with Gasteiger partial charge in [0.15, 0.2) is 0 Å². The van der Waals surface area contributed by atoms with Crippen molar-refractivity contribution < 1.29 is 4.79 Å². The van der Waals surface area contributed by atoms with Crippen molar-refractivity contribution in [2.45, 2.75) is 19.9 Å². The lowest BCUT2D eigenvalue weighted by Crippen LogP contribution is -2.29. The third-order valence-corrected chi connectivity index (χ3v) is 9.53. The molecule has 39 heavy (non-hydrogen) atoms. The first kappa shape index (κ1) is 24.2. The Hall–Kier alpha value is -3.91. The fourth-order valence-corrected chi connectivity index (χ4v) is 7.71. The highest BCUT2D eigenvalue weighted by atomic mass is 32.1.